The molecule has 8 rings (SSSR count). The molecule has 0 radical (unpaired) electrons. The van der Waals surface area contributed by atoms with Crippen molar-refractivity contribution in [3.05, 3.63) is 129 Å². The predicted molar refractivity (Wildman–Crippen MR) is 194 cm³/mol. The number of hydrogen-bond donors (Lipinski definition) is 2. The van der Waals surface area contributed by atoms with Gasteiger partial charge in [-0.15, -0.1) is 0 Å². The summed E-state index contributed by atoms with van der Waals surface area (Å²) in [5.74, 6) is -10.4. The minimum Gasteiger partial charge on any atom is -0.505 e. The number of alkyl halides is 3. The number of carbonyl (C=O) groups is 5. The summed E-state index contributed by atoms with van der Waals surface area (Å²) < 4.78 is 55.7. The third-order valence-electron chi connectivity index (χ3n) is 11.4. The third-order valence-corrected chi connectivity index (χ3v) is 11.9. The molecule has 4 aromatic rings. The summed E-state index contributed by atoms with van der Waals surface area (Å²) in [4.78, 5) is 75.2. The van der Waals surface area contributed by atoms with Crippen LogP contribution in [0.1, 0.15) is 52.7 Å². The van der Waals surface area contributed by atoms with E-state index in [1.807, 2.05) is 0 Å². The van der Waals surface area contributed by atoms with E-state index >= 15 is 9.18 Å². The van der Waals surface area contributed by atoms with Gasteiger partial charge in [0.2, 0.25) is 11.8 Å². The zero-order valence-corrected chi connectivity index (χ0v) is 30.5. The zero-order valence-electron chi connectivity index (χ0n) is 29.0. The molecule has 2 aliphatic heterocycles. The number of fused-ring (bicyclic) bond motifs is 4. The Kier molecular flexibility index (Phi) is 8.84. The van der Waals surface area contributed by atoms with Gasteiger partial charge in [-0.25, -0.2) is 9.37 Å². The highest BCUT2D eigenvalue weighted by atomic mass is 35.5. The van der Waals surface area contributed by atoms with Gasteiger partial charge in [0.05, 0.1) is 39.4 Å². The number of aromatic nitrogens is 1. The SMILES string of the molecule is CC(=O)c1ccc(N2C(=O)C3CC=C4C(CC5C(=O)N(Nc6ncc(C(F)(F)F)cc6Cl)C(=O)C5(c5ccc(Cl)cc5)C4c4ccc(O)c(F)c4)C3C2=O)cc1. The molecule has 0 spiro atoms. The number of aromatic hydroxyl groups is 1. The lowest BCUT2D eigenvalue weighted by atomic mass is 9.49. The average Bonchev–Trinajstić information content (AvgIpc) is 3.54. The van der Waals surface area contributed by atoms with E-state index in [4.69, 9.17) is 23.2 Å². The van der Waals surface area contributed by atoms with E-state index in [0.29, 0.717) is 33.4 Å². The number of phenolic OH excluding ortho intramolecular Hbond substituents is 1. The van der Waals surface area contributed by atoms with Crippen LogP contribution in [0.4, 0.5) is 29.1 Å². The van der Waals surface area contributed by atoms with E-state index in [2.05, 4.69) is 10.4 Å². The van der Waals surface area contributed by atoms with Gasteiger partial charge in [-0.1, -0.05) is 53.1 Å². The first-order chi connectivity index (χ1) is 26.5. The summed E-state index contributed by atoms with van der Waals surface area (Å²) in [5, 5.41) is 10.6. The molecule has 286 valence electrons. The van der Waals surface area contributed by atoms with Gasteiger partial charge in [0.25, 0.3) is 11.8 Å². The molecule has 1 saturated carbocycles. The number of hydrazine groups is 1. The summed E-state index contributed by atoms with van der Waals surface area (Å²) in [5.41, 5.74) is 1.02. The van der Waals surface area contributed by atoms with Crippen LogP contribution in [-0.4, -0.2) is 44.5 Å². The van der Waals surface area contributed by atoms with E-state index in [-0.39, 0.29) is 35.4 Å². The molecule has 10 nitrogen and oxygen atoms in total. The van der Waals surface area contributed by atoms with Crippen molar-refractivity contribution in [3.8, 4) is 5.75 Å². The van der Waals surface area contributed by atoms with E-state index in [1.54, 1.807) is 18.2 Å². The number of phenols is 1. The number of ketones is 1. The lowest BCUT2D eigenvalue weighted by molar-refractivity contribution is -0.139. The Morgan fingerprint density at radius 1 is 0.929 bits per heavy atom. The molecule has 3 heterocycles. The fraction of sp³-hybridized carbons (Fsp3) is 0.250. The van der Waals surface area contributed by atoms with E-state index in [9.17, 15) is 37.5 Å². The molecule has 0 bridgehead atoms. The smallest absolute Gasteiger partial charge is 0.417 e. The van der Waals surface area contributed by atoms with Crippen LogP contribution in [0, 0.1) is 29.5 Å². The summed E-state index contributed by atoms with van der Waals surface area (Å²) in [6, 6.07) is 16.2. The van der Waals surface area contributed by atoms with Gasteiger partial charge in [0, 0.05) is 22.7 Å². The molecule has 4 aliphatic rings. The largest absolute Gasteiger partial charge is 0.505 e. The van der Waals surface area contributed by atoms with Crippen molar-refractivity contribution >= 4 is 64.1 Å². The number of carbonyl (C=O) groups excluding carboxylic acids is 5. The van der Waals surface area contributed by atoms with Crippen LogP contribution in [0.3, 0.4) is 0 Å². The second-order valence-electron chi connectivity index (χ2n) is 14.2. The van der Waals surface area contributed by atoms with Crippen molar-refractivity contribution in [2.45, 2.75) is 37.3 Å². The van der Waals surface area contributed by atoms with E-state index in [0.717, 1.165) is 17.0 Å². The lowest BCUT2D eigenvalue weighted by Crippen LogP contribution is -2.53. The van der Waals surface area contributed by atoms with Gasteiger partial charge in [-0.2, -0.15) is 18.2 Å². The Morgan fingerprint density at radius 3 is 2.25 bits per heavy atom. The maximum Gasteiger partial charge on any atom is 0.417 e. The second kappa shape index (κ2) is 13.3. The number of hydrogen-bond acceptors (Lipinski definition) is 8. The van der Waals surface area contributed by atoms with Gasteiger partial charge in [-0.3, -0.25) is 34.3 Å². The van der Waals surface area contributed by atoms with Crippen LogP contribution in [0.15, 0.2) is 90.6 Å². The number of allylic oxidation sites excluding steroid dienone is 2. The third kappa shape index (κ3) is 5.60. The molecule has 3 aromatic carbocycles. The van der Waals surface area contributed by atoms with Crippen molar-refractivity contribution in [2.75, 3.05) is 10.3 Å². The molecule has 6 unspecified atom stereocenters. The number of rotatable bonds is 6. The predicted octanol–water partition coefficient (Wildman–Crippen LogP) is 7.64. The highest BCUT2D eigenvalue weighted by molar-refractivity contribution is 6.33. The van der Waals surface area contributed by atoms with Crippen LogP contribution >= 0.6 is 23.2 Å². The molecule has 2 N–H and O–H groups in total. The number of amides is 4. The topological polar surface area (TPSA) is 137 Å². The summed E-state index contributed by atoms with van der Waals surface area (Å²) in [6.07, 6.45) is -2.66. The molecule has 4 amide bonds. The Morgan fingerprint density at radius 2 is 1.62 bits per heavy atom. The van der Waals surface area contributed by atoms with Crippen molar-refractivity contribution in [1.82, 2.24) is 9.99 Å². The fourth-order valence-electron chi connectivity index (χ4n) is 8.96. The fourth-order valence-corrected chi connectivity index (χ4v) is 9.29. The minimum atomic E-state index is -4.79. The number of anilines is 2. The van der Waals surface area contributed by atoms with Crippen LogP contribution < -0.4 is 10.3 Å². The Bertz CT molecular complexity index is 2410. The van der Waals surface area contributed by atoms with Crippen LogP contribution in [0.5, 0.6) is 5.75 Å². The van der Waals surface area contributed by atoms with Crippen molar-refractivity contribution in [1.29, 1.82) is 0 Å². The first kappa shape index (κ1) is 37.3. The lowest BCUT2D eigenvalue weighted by Gasteiger charge is -2.50. The molecule has 6 atom stereocenters. The molecular formula is C40H28Cl2F4N4O6. The number of nitrogens with zero attached hydrogens (tertiary/aromatic N) is 3. The van der Waals surface area contributed by atoms with Gasteiger partial charge in [0.1, 0.15) is 0 Å². The van der Waals surface area contributed by atoms with Crippen molar-refractivity contribution in [2.24, 2.45) is 23.7 Å². The van der Waals surface area contributed by atoms with Crippen LogP contribution in [-0.2, 0) is 30.8 Å². The average molecular weight is 808 g/mol. The highest BCUT2D eigenvalue weighted by Gasteiger charge is 2.70. The zero-order chi connectivity index (χ0) is 40.0. The summed E-state index contributed by atoms with van der Waals surface area (Å²) in [7, 11) is 0. The first-order valence-electron chi connectivity index (χ1n) is 17.3. The van der Waals surface area contributed by atoms with Crippen LogP contribution in [0.2, 0.25) is 10.0 Å². The quantitative estimate of drug-likeness (QED) is 0.0879. The number of nitrogens with one attached hydrogen (secondary N) is 1. The number of pyridine rings is 1. The van der Waals surface area contributed by atoms with Gasteiger partial charge in [-0.05, 0) is 91.4 Å². The molecule has 1 aromatic heterocycles. The number of benzene rings is 3. The van der Waals surface area contributed by atoms with Gasteiger partial charge >= 0.3 is 6.18 Å². The van der Waals surface area contributed by atoms with Crippen molar-refractivity contribution < 1.29 is 46.6 Å². The normalized spacial score (nSPS) is 25.8. The summed E-state index contributed by atoms with van der Waals surface area (Å²) >= 11 is 12.5. The first-order valence-corrected chi connectivity index (χ1v) is 18.1. The monoisotopic (exact) mass is 806 g/mol. The highest BCUT2D eigenvalue weighted by Crippen LogP contribution is 2.64. The molecular weight excluding hydrogens is 779 g/mol. The Hall–Kier alpha value is -5.60. The molecule has 3 fully saturated rings. The molecule has 2 saturated heterocycles. The van der Waals surface area contributed by atoms with E-state index in [1.165, 1.54) is 49.4 Å². The standard InChI is InChI=1S/C40H28Cl2F4N4O6/c1-18(51)19-2-9-24(10-3-19)49-35(53)26-12-11-25-27(32(26)37(49)55)16-28-36(54)50(48-34-29(42)15-22(17-47-34)40(44,45)46)38(56)39(28,21-5-7-23(41)8-6-21)33(25)20-4-13-31(52)30(43)14-20/h2-11,13-15,17,26-28,32-33,52H,12,16H2,1H3,(H,47,48). The molecule has 16 heteroatoms. The molecule has 56 heavy (non-hydrogen) atoms. The number of imide groups is 2. The Balaban J connectivity index is 1.29. The second-order valence-corrected chi connectivity index (χ2v) is 15.1. The summed E-state index contributed by atoms with van der Waals surface area (Å²) in [6.45, 7) is 1.38. The number of Topliss-reactive ketones (excluding diaryl/α,β-unsaturated/α-hetero) is 1. The maximum absolute atomic E-state index is 15.3. The number of halogens is 6. The Labute approximate surface area is 325 Å². The van der Waals surface area contributed by atoms with Gasteiger partial charge in [0.15, 0.2) is 23.2 Å². The van der Waals surface area contributed by atoms with Gasteiger partial charge < -0.3 is 5.11 Å². The van der Waals surface area contributed by atoms with Crippen LogP contribution in [0.25, 0.3) is 0 Å². The molecule has 2 aliphatic carbocycles. The van der Waals surface area contributed by atoms with Crippen molar-refractivity contribution in [3.63, 3.8) is 0 Å². The maximum atomic E-state index is 15.3. The van der Waals surface area contributed by atoms with E-state index < -0.39 is 92.8 Å². The minimum absolute atomic E-state index is 0.0523.